The van der Waals surface area contributed by atoms with Gasteiger partial charge in [-0.1, -0.05) is 70.9 Å². The molecule has 0 spiro atoms. The summed E-state index contributed by atoms with van der Waals surface area (Å²) in [5.74, 6) is -1.42. The molecule has 0 aliphatic heterocycles. The number of unbranched alkanes of at least 4 members (excludes halogenated alkanes) is 5. The molecule has 0 amide bonds. The average molecular weight is 472 g/mol. The Labute approximate surface area is 149 Å². The first-order chi connectivity index (χ1) is 9.98. The van der Waals surface area contributed by atoms with Crippen molar-refractivity contribution in [3.8, 4) is 0 Å². The molecule has 6 nitrogen and oxygen atoms in total. The predicted octanol–water partition coefficient (Wildman–Crippen LogP) is 3.78. The maximum atomic E-state index is 9.66. The van der Waals surface area contributed by atoms with E-state index >= 15 is 0 Å². The summed E-state index contributed by atoms with van der Waals surface area (Å²) in [6.45, 7) is 2.07. The Morgan fingerprint density at radius 1 is 0.909 bits per heavy atom. The number of alkyl halides is 2. The van der Waals surface area contributed by atoms with E-state index in [1.54, 1.807) is 0 Å². The van der Waals surface area contributed by atoms with Gasteiger partial charge in [-0.3, -0.25) is 0 Å². The lowest BCUT2D eigenvalue weighted by Gasteiger charge is -2.21. The van der Waals surface area contributed by atoms with Gasteiger partial charge in [0.25, 0.3) is 0 Å². The van der Waals surface area contributed by atoms with Gasteiger partial charge >= 0.3 is 7.82 Å². The third kappa shape index (κ3) is 29.1. The van der Waals surface area contributed by atoms with Crippen LogP contribution in [0.2, 0.25) is 0 Å². The summed E-state index contributed by atoms with van der Waals surface area (Å²) >= 11 is 6.92. The molecule has 5 N–H and O–H groups in total. The SMILES string of the molecule is CCCCC(O)(O)CCCCCCCC(Br)Br.O=P(O)(O)O. The van der Waals surface area contributed by atoms with E-state index in [1.165, 1.54) is 19.3 Å². The molecule has 0 unspecified atom stereocenters. The van der Waals surface area contributed by atoms with E-state index in [4.69, 9.17) is 19.2 Å². The third-order valence-corrected chi connectivity index (χ3v) is 3.85. The van der Waals surface area contributed by atoms with Crippen LogP contribution in [0.15, 0.2) is 0 Å². The average Bonchev–Trinajstić information content (AvgIpc) is 2.33. The normalized spacial score (nSPS) is 12.2. The number of aliphatic hydroxyl groups is 2. The van der Waals surface area contributed by atoms with Crippen LogP contribution in [0, 0.1) is 0 Å². The summed E-state index contributed by atoms with van der Waals surface area (Å²) in [7, 11) is -4.64. The van der Waals surface area contributed by atoms with Crippen LogP contribution in [0.3, 0.4) is 0 Å². The van der Waals surface area contributed by atoms with Crippen molar-refractivity contribution < 1.29 is 29.5 Å². The van der Waals surface area contributed by atoms with Crippen molar-refractivity contribution in [2.24, 2.45) is 0 Å². The molecule has 0 aromatic rings. The molecule has 0 heterocycles. The van der Waals surface area contributed by atoms with E-state index in [0.29, 0.717) is 16.6 Å². The highest BCUT2D eigenvalue weighted by molar-refractivity contribution is 9.24. The van der Waals surface area contributed by atoms with Crippen molar-refractivity contribution in [2.45, 2.75) is 80.7 Å². The number of halogens is 2. The Morgan fingerprint density at radius 3 is 1.77 bits per heavy atom. The summed E-state index contributed by atoms with van der Waals surface area (Å²) in [6.07, 6.45) is 9.76. The zero-order valence-electron chi connectivity index (χ0n) is 13.0. The summed E-state index contributed by atoms with van der Waals surface area (Å²) < 4.78 is 9.32. The van der Waals surface area contributed by atoms with Crippen LogP contribution in [0.25, 0.3) is 0 Å². The summed E-state index contributed by atoms with van der Waals surface area (Å²) in [6, 6.07) is 0. The predicted molar refractivity (Wildman–Crippen MR) is 94.9 cm³/mol. The minimum Gasteiger partial charge on any atom is -0.366 e. The standard InChI is InChI=1S/C13H26Br2O2.H3O4P/c1-2-3-10-13(16,17)11-8-6-4-5-7-9-12(14)15;1-5(2,3)4/h12,16-17H,2-11H2,1H3;(H3,1,2,3,4). The molecule has 0 aromatic carbocycles. The molecule has 0 radical (unpaired) electrons. The number of hydrogen-bond acceptors (Lipinski definition) is 3. The quantitative estimate of drug-likeness (QED) is 0.135. The first kappa shape index (κ1) is 25.2. The molecule has 136 valence electrons. The smallest absolute Gasteiger partial charge is 0.366 e. The molecule has 0 saturated heterocycles. The number of hydrogen-bond donors (Lipinski definition) is 5. The summed E-state index contributed by atoms with van der Waals surface area (Å²) in [5, 5.41) is 19.3. The maximum absolute atomic E-state index is 9.66. The largest absolute Gasteiger partial charge is 0.466 e. The minimum absolute atomic E-state index is 0.437. The van der Waals surface area contributed by atoms with E-state index < -0.39 is 13.6 Å². The van der Waals surface area contributed by atoms with Crippen LogP contribution < -0.4 is 0 Å². The Kier molecular flexibility index (Phi) is 16.5. The van der Waals surface area contributed by atoms with Crippen LogP contribution in [-0.2, 0) is 4.57 Å². The molecule has 0 aliphatic carbocycles. The first-order valence-corrected chi connectivity index (χ1v) is 10.9. The van der Waals surface area contributed by atoms with E-state index in [-0.39, 0.29) is 0 Å². The highest BCUT2D eigenvalue weighted by Gasteiger charge is 2.20. The minimum atomic E-state index is -4.64. The van der Waals surface area contributed by atoms with Crippen LogP contribution in [-0.4, -0.2) is 34.4 Å². The lowest BCUT2D eigenvalue weighted by molar-refractivity contribution is -0.171. The van der Waals surface area contributed by atoms with E-state index in [2.05, 4.69) is 38.8 Å². The summed E-state index contributed by atoms with van der Waals surface area (Å²) in [5.41, 5.74) is 0. The van der Waals surface area contributed by atoms with Gasteiger partial charge in [0.2, 0.25) is 0 Å². The fourth-order valence-electron chi connectivity index (χ4n) is 1.82. The fraction of sp³-hybridized carbons (Fsp3) is 1.00. The Bertz CT molecular complexity index is 288. The van der Waals surface area contributed by atoms with Gasteiger partial charge < -0.3 is 24.9 Å². The van der Waals surface area contributed by atoms with Gasteiger partial charge in [0.1, 0.15) is 0 Å². The molecule has 0 bridgehead atoms. The Balaban J connectivity index is 0. The van der Waals surface area contributed by atoms with Crippen molar-refractivity contribution >= 4 is 39.7 Å². The van der Waals surface area contributed by atoms with E-state index in [1.807, 2.05) is 0 Å². The second kappa shape index (κ2) is 14.3. The topological polar surface area (TPSA) is 118 Å². The lowest BCUT2D eigenvalue weighted by atomic mass is 10.0. The van der Waals surface area contributed by atoms with Gasteiger partial charge in [0, 0.05) is 12.8 Å². The van der Waals surface area contributed by atoms with E-state index in [0.717, 1.165) is 32.1 Å². The lowest BCUT2D eigenvalue weighted by Crippen LogP contribution is -2.27. The highest BCUT2D eigenvalue weighted by atomic mass is 79.9. The van der Waals surface area contributed by atoms with Crippen molar-refractivity contribution in [3.63, 3.8) is 0 Å². The number of rotatable bonds is 11. The molecule has 0 rings (SSSR count). The fourth-order valence-corrected chi connectivity index (χ4v) is 2.47. The Hall–Kier alpha value is 0.990. The van der Waals surface area contributed by atoms with Gasteiger partial charge in [-0.2, -0.15) is 0 Å². The number of phosphoric acid groups is 1. The summed E-state index contributed by atoms with van der Waals surface area (Å²) in [4.78, 5) is 21.6. The molecule has 0 atom stereocenters. The van der Waals surface area contributed by atoms with Crippen molar-refractivity contribution in [3.05, 3.63) is 0 Å². The molecule has 22 heavy (non-hydrogen) atoms. The first-order valence-electron chi connectivity index (χ1n) is 7.49. The van der Waals surface area contributed by atoms with Crippen molar-refractivity contribution in [1.82, 2.24) is 0 Å². The second-order valence-corrected chi connectivity index (χ2v) is 9.76. The molecule has 0 aromatic heterocycles. The van der Waals surface area contributed by atoms with Crippen molar-refractivity contribution in [1.29, 1.82) is 0 Å². The van der Waals surface area contributed by atoms with Crippen LogP contribution >= 0.6 is 39.7 Å². The zero-order chi connectivity index (χ0) is 17.6. The maximum Gasteiger partial charge on any atom is 0.466 e. The van der Waals surface area contributed by atoms with Gasteiger partial charge in [0.15, 0.2) is 5.79 Å². The molecule has 9 heteroatoms. The van der Waals surface area contributed by atoms with Crippen LogP contribution in [0.4, 0.5) is 0 Å². The third-order valence-electron chi connectivity index (χ3n) is 2.93. The van der Waals surface area contributed by atoms with Gasteiger partial charge in [0.05, 0.1) is 3.74 Å². The van der Waals surface area contributed by atoms with Gasteiger partial charge in [-0.05, 0) is 19.3 Å². The molecular formula is C13H29Br2O6P. The molecule has 0 aliphatic rings. The van der Waals surface area contributed by atoms with Gasteiger partial charge in [-0.15, -0.1) is 0 Å². The van der Waals surface area contributed by atoms with Crippen LogP contribution in [0.5, 0.6) is 0 Å². The Morgan fingerprint density at radius 2 is 1.32 bits per heavy atom. The second-order valence-electron chi connectivity index (χ2n) is 5.30. The monoisotopic (exact) mass is 470 g/mol. The molecular weight excluding hydrogens is 443 g/mol. The molecule has 0 fully saturated rings. The highest BCUT2D eigenvalue weighted by Crippen LogP contribution is 2.25. The molecule has 0 saturated carbocycles. The van der Waals surface area contributed by atoms with E-state index in [9.17, 15) is 10.2 Å². The van der Waals surface area contributed by atoms with Crippen LogP contribution in [0.1, 0.15) is 71.1 Å². The van der Waals surface area contributed by atoms with Crippen molar-refractivity contribution in [2.75, 3.05) is 0 Å². The van der Waals surface area contributed by atoms with Gasteiger partial charge in [-0.25, -0.2) is 4.57 Å². The zero-order valence-corrected chi connectivity index (χ0v) is 17.1.